The van der Waals surface area contributed by atoms with Gasteiger partial charge in [-0.3, -0.25) is 9.69 Å². The van der Waals surface area contributed by atoms with Crippen LogP contribution in [0.2, 0.25) is 0 Å². The van der Waals surface area contributed by atoms with Gasteiger partial charge in [0.15, 0.2) is 0 Å². The molecule has 0 saturated carbocycles. The number of hydrogen-bond acceptors (Lipinski definition) is 4. The minimum absolute atomic E-state index is 0.127. The Morgan fingerprint density at radius 1 is 0.771 bits per heavy atom. The summed E-state index contributed by atoms with van der Waals surface area (Å²) in [6.07, 6.45) is 24.4. The summed E-state index contributed by atoms with van der Waals surface area (Å²) >= 11 is 0. The molecule has 6 heteroatoms. The average Bonchev–Trinajstić information content (AvgIpc) is 2.82. The van der Waals surface area contributed by atoms with Gasteiger partial charge in [0.1, 0.15) is 5.75 Å². The van der Waals surface area contributed by atoms with E-state index in [1.165, 1.54) is 51.4 Å². The van der Waals surface area contributed by atoms with Gasteiger partial charge in [0.2, 0.25) is 0 Å². The molecule has 0 radical (unpaired) electrons. The maximum Gasteiger partial charge on any atom is 0.587 e. The summed E-state index contributed by atoms with van der Waals surface area (Å²) in [5, 5.41) is 0. The van der Waals surface area contributed by atoms with Crippen molar-refractivity contribution in [3.63, 3.8) is 0 Å². The van der Waals surface area contributed by atoms with Crippen molar-refractivity contribution in [1.82, 2.24) is 0 Å². The number of allylic oxidation sites excluding steroid dienone is 2. The molecule has 200 valence electrons. The minimum Gasteiger partial charge on any atom is -0.395 e. The van der Waals surface area contributed by atoms with Crippen molar-refractivity contribution in [2.24, 2.45) is 0 Å². The Labute approximate surface area is 214 Å². The van der Waals surface area contributed by atoms with Crippen LogP contribution in [-0.2, 0) is 20.3 Å². The van der Waals surface area contributed by atoms with E-state index in [9.17, 15) is 14.3 Å². The molecule has 5 nitrogen and oxygen atoms in total. The zero-order chi connectivity index (χ0) is 25.6. The molecule has 1 rings (SSSR count). The quantitative estimate of drug-likeness (QED) is 0.0959. The van der Waals surface area contributed by atoms with Crippen LogP contribution < -0.4 is 4.52 Å². The second-order valence-electron chi connectivity index (χ2n) is 9.46. The fourth-order valence-electron chi connectivity index (χ4n) is 3.96. The van der Waals surface area contributed by atoms with Crippen LogP contribution in [0.1, 0.15) is 129 Å². The number of phosphoric acid groups is 1. The van der Waals surface area contributed by atoms with Gasteiger partial charge in [0.25, 0.3) is 0 Å². The van der Waals surface area contributed by atoms with E-state index in [2.05, 4.69) is 26.0 Å². The smallest absolute Gasteiger partial charge is 0.395 e. The molecule has 0 saturated heterocycles. The molecule has 0 fully saturated rings. The van der Waals surface area contributed by atoms with Crippen LogP contribution in [0.5, 0.6) is 5.75 Å². The van der Waals surface area contributed by atoms with Gasteiger partial charge in [-0.1, -0.05) is 102 Å². The Hall–Kier alpha value is -1.58. The lowest BCUT2D eigenvalue weighted by molar-refractivity contribution is -0.135. The van der Waals surface area contributed by atoms with Crippen LogP contribution in [0.15, 0.2) is 36.4 Å². The van der Waals surface area contributed by atoms with Crippen LogP contribution in [0, 0.1) is 0 Å². The van der Waals surface area contributed by atoms with Crippen LogP contribution >= 0.6 is 7.82 Å². The van der Waals surface area contributed by atoms with Gasteiger partial charge < -0.3 is 9.05 Å². The normalized spacial score (nSPS) is 13.1. The standard InChI is InChI=1S/C29H49O5P/c1-3-5-7-8-9-10-11-12-13-14-15-16-17-18-20-22-29(30)34-35(31,32)33-28-25-23-27(24-26-28)21-19-6-4-2/h12-13,23-26H,3-11,14-22H2,1-2H3,(H,31,32). The van der Waals surface area contributed by atoms with Crippen LogP contribution in [0.4, 0.5) is 0 Å². The Morgan fingerprint density at radius 2 is 1.29 bits per heavy atom. The molecule has 1 aromatic rings. The molecule has 0 heterocycles. The van der Waals surface area contributed by atoms with Gasteiger partial charge >= 0.3 is 13.8 Å². The lowest BCUT2D eigenvalue weighted by Gasteiger charge is -2.13. The SMILES string of the molecule is CCCCCCCCC=CCCCCCCCC(=O)OP(=O)(O)Oc1ccc(CCCCC)cc1. The van der Waals surface area contributed by atoms with E-state index in [1.807, 2.05) is 12.1 Å². The predicted octanol–water partition coefficient (Wildman–Crippen LogP) is 9.48. The molecular weight excluding hydrogens is 459 g/mol. The average molecular weight is 509 g/mol. The van der Waals surface area contributed by atoms with E-state index in [1.54, 1.807) is 12.1 Å². The van der Waals surface area contributed by atoms with E-state index in [4.69, 9.17) is 9.05 Å². The molecule has 1 atom stereocenters. The van der Waals surface area contributed by atoms with Gasteiger partial charge in [-0.2, -0.15) is 0 Å². The number of unbranched alkanes of at least 4 members (excludes halogenated alkanes) is 13. The van der Waals surface area contributed by atoms with E-state index >= 15 is 0 Å². The van der Waals surface area contributed by atoms with Crippen molar-refractivity contribution in [3.05, 3.63) is 42.0 Å². The van der Waals surface area contributed by atoms with Crippen molar-refractivity contribution >= 4 is 13.8 Å². The number of hydrogen-bond donors (Lipinski definition) is 1. The number of phosphoric ester groups is 1. The lowest BCUT2D eigenvalue weighted by atomic mass is 10.1. The first kappa shape index (κ1) is 31.4. The molecule has 0 aromatic heterocycles. The van der Waals surface area contributed by atoms with Gasteiger partial charge in [0.05, 0.1) is 0 Å². The summed E-state index contributed by atoms with van der Waals surface area (Å²) in [6.45, 7) is 4.41. The topological polar surface area (TPSA) is 72.8 Å². The maximum atomic E-state index is 12.1. The monoisotopic (exact) mass is 508 g/mol. The predicted molar refractivity (Wildman–Crippen MR) is 146 cm³/mol. The van der Waals surface area contributed by atoms with Crippen molar-refractivity contribution in [1.29, 1.82) is 0 Å². The summed E-state index contributed by atoms with van der Waals surface area (Å²) in [4.78, 5) is 21.8. The first-order chi connectivity index (χ1) is 17.0. The van der Waals surface area contributed by atoms with Crippen molar-refractivity contribution in [2.45, 2.75) is 129 Å². The van der Waals surface area contributed by atoms with E-state index in [0.717, 1.165) is 56.9 Å². The summed E-state index contributed by atoms with van der Waals surface area (Å²) in [5.41, 5.74) is 1.15. The Balaban J connectivity index is 2.06. The highest BCUT2D eigenvalue weighted by molar-refractivity contribution is 7.48. The van der Waals surface area contributed by atoms with E-state index in [-0.39, 0.29) is 12.2 Å². The third kappa shape index (κ3) is 18.4. The van der Waals surface area contributed by atoms with Gasteiger partial charge in [-0.15, -0.1) is 0 Å². The third-order valence-electron chi connectivity index (χ3n) is 6.07. The molecule has 35 heavy (non-hydrogen) atoms. The number of benzene rings is 1. The number of carbonyl (C=O) groups is 1. The summed E-state index contributed by atoms with van der Waals surface area (Å²) in [7, 11) is -4.46. The van der Waals surface area contributed by atoms with Crippen LogP contribution in [0.25, 0.3) is 0 Å². The molecule has 0 aliphatic rings. The van der Waals surface area contributed by atoms with Crippen molar-refractivity contribution in [3.8, 4) is 5.75 Å². The molecule has 1 unspecified atom stereocenters. The highest BCUT2D eigenvalue weighted by Gasteiger charge is 2.27. The number of rotatable bonds is 22. The Bertz CT molecular complexity index is 729. The second-order valence-corrected chi connectivity index (χ2v) is 10.8. The zero-order valence-electron chi connectivity index (χ0n) is 22.2. The van der Waals surface area contributed by atoms with Gasteiger partial charge in [0, 0.05) is 6.42 Å². The highest BCUT2D eigenvalue weighted by Crippen LogP contribution is 2.44. The molecule has 1 N–H and O–H groups in total. The number of carbonyl (C=O) groups excluding carboxylic acids is 1. The minimum atomic E-state index is -4.46. The molecule has 0 amide bonds. The van der Waals surface area contributed by atoms with Gasteiger partial charge in [-0.05, 0) is 62.6 Å². The fraction of sp³-hybridized carbons (Fsp3) is 0.690. The Morgan fingerprint density at radius 3 is 1.89 bits per heavy atom. The summed E-state index contributed by atoms with van der Waals surface area (Å²) in [6, 6.07) is 7.03. The molecule has 0 aliphatic heterocycles. The largest absolute Gasteiger partial charge is 0.587 e. The summed E-state index contributed by atoms with van der Waals surface area (Å²) in [5.74, 6) is -0.464. The van der Waals surface area contributed by atoms with E-state index < -0.39 is 13.8 Å². The highest BCUT2D eigenvalue weighted by atomic mass is 31.2. The molecular formula is C29H49O5P. The number of aryl methyl sites for hydroxylation is 1. The second kappa shape index (κ2) is 20.6. The first-order valence-electron chi connectivity index (χ1n) is 14.0. The van der Waals surface area contributed by atoms with Gasteiger partial charge in [-0.25, -0.2) is 4.57 Å². The zero-order valence-corrected chi connectivity index (χ0v) is 23.1. The Kier molecular flexibility index (Phi) is 18.5. The lowest BCUT2D eigenvalue weighted by Crippen LogP contribution is -2.06. The van der Waals surface area contributed by atoms with Crippen LogP contribution in [0.3, 0.4) is 0 Å². The molecule has 1 aromatic carbocycles. The van der Waals surface area contributed by atoms with Crippen LogP contribution in [-0.4, -0.2) is 10.9 Å². The molecule has 0 spiro atoms. The van der Waals surface area contributed by atoms with E-state index in [0.29, 0.717) is 6.42 Å². The first-order valence-corrected chi connectivity index (χ1v) is 15.4. The summed E-state index contributed by atoms with van der Waals surface area (Å²) < 4.78 is 21.9. The molecule has 0 aliphatic carbocycles. The van der Waals surface area contributed by atoms with Crippen molar-refractivity contribution < 1.29 is 23.3 Å². The molecule has 0 bridgehead atoms. The third-order valence-corrected chi connectivity index (χ3v) is 6.95. The maximum absolute atomic E-state index is 12.1. The fourth-order valence-corrected chi connectivity index (χ4v) is 4.74. The van der Waals surface area contributed by atoms with Crippen molar-refractivity contribution in [2.75, 3.05) is 0 Å².